The van der Waals surface area contributed by atoms with Crippen molar-refractivity contribution in [3.63, 3.8) is 0 Å². The predicted octanol–water partition coefficient (Wildman–Crippen LogP) is 3.37. The highest BCUT2D eigenvalue weighted by Gasteiger charge is 2.39. The van der Waals surface area contributed by atoms with Crippen LogP contribution in [0, 0.1) is 0 Å². The lowest BCUT2D eigenvalue weighted by molar-refractivity contribution is -0.0589. The van der Waals surface area contributed by atoms with Crippen LogP contribution in [0.1, 0.15) is 56.2 Å². The fourth-order valence-electron chi connectivity index (χ4n) is 3.53. The van der Waals surface area contributed by atoms with Crippen LogP contribution in [0.3, 0.4) is 0 Å². The number of carbonyl (C=O) groups excluding carboxylic acids is 3. The van der Waals surface area contributed by atoms with E-state index in [1.165, 1.54) is 24.7 Å². The van der Waals surface area contributed by atoms with E-state index >= 15 is 0 Å². The lowest BCUT2D eigenvalue weighted by atomic mass is 10.0. The number of carbonyl (C=O) groups is 3. The molecule has 29 heavy (non-hydrogen) atoms. The molecule has 0 fully saturated rings. The minimum absolute atomic E-state index is 0.136. The molecular formula is C22H19N3O4. The average molecular weight is 389 g/mol. The number of fused-ring (bicyclic) bond motifs is 1. The van der Waals surface area contributed by atoms with Gasteiger partial charge in [-0.3, -0.25) is 14.2 Å². The molecule has 0 N–H and O–H groups in total. The molecule has 7 heteroatoms. The fourth-order valence-corrected chi connectivity index (χ4v) is 3.53. The Hall–Kier alpha value is -3.74. The number of amides is 2. The monoisotopic (exact) mass is 389 g/mol. The number of imide groups is 1. The second kappa shape index (κ2) is 7.35. The minimum atomic E-state index is -0.829. The van der Waals surface area contributed by atoms with Crippen molar-refractivity contribution in [1.29, 1.82) is 0 Å². The first-order valence-electron chi connectivity index (χ1n) is 9.40. The van der Waals surface area contributed by atoms with E-state index in [4.69, 9.17) is 4.84 Å². The van der Waals surface area contributed by atoms with Gasteiger partial charge in [-0.15, -0.1) is 0 Å². The van der Waals surface area contributed by atoms with Crippen LogP contribution in [-0.2, 0) is 17.7 Å². The molecule has 0 unspecified atom stereocenters. The zero-order valence-corrected chi connectivity index (χ0v) is 16.1. The van der Waals surface area contributed by atoms with Crippen LogP contribution < -0.4 is 0 Å². The van der Waals surface area contributed by atoms with Gasteiger partial charge in [-0.25, -0.2) is 9.78 Å². The maximum atomic E-state index is 12.9. The highest BCUT2D eigenvalue weighted by molar-refractivity contribution is 6.21. The van der Waals surface area contributed by atoms with Gasteiger partial charge < -0.3 is 4.84 Å². The molecule has 2 heterocycles. The van der Waals surface area contributed by atoms with Crippen LogP contribution >= 0.6 is 0 Å². The van der Waals surface area contributed by atoms with Crippen molar-refractivity contribution in [2.45, 2.75) is 26.7 Å². The van der Waals surface area contributed by atoms with Gasteiger partial charge in [0, 0.05) is 0 Å². The molecule has 0 spiro atoms. The first kappa shape index (κ1) is 18.6. The van der Waals surface area contributed by atoms with E-state index in [1.807, 2.05) is 32.0 Å². The third-order valence-electron chi connectivity index (χ3n) is 4.98. The smallest absolute Gasteiger partial charge is 0.323 e. The normalized spacial score (nSPS) is 13.0. The SMILES string of the molecule is CCc1cccc(CC)c1-n1cncc1C(=O)ON1C(=O)c2ccccc2C1=O. The molecule has 7 nitrogen and oxygen atoms in total. The summed E-state index contributed by atoms with van der Waals surface area (Å²) in [4.78, 5) is 47.1. The van der Waals surface area contributed by atoms with Crippen LogP contribution in [0.4, 0.5) is 0 Å². The quantitative estimate of drug-likeness (QED) is 0.625. The number of hydrogen-bond donors (Lipinski definition) is 0. The molecule has 2 aromatic carbocycles. The molecule has 3 aromatic rings. The van der Waals surface area contributed by atoms with Gasteiger partial charge in [0.1, 0.15) is 0 Å². The van der Waals surface area contributed by atoms with Gasteiger partial charge >= 0.3 is 5.97 Å². The molecule has 2 amide bonds. The van der Waals surface area contributed by atoms with Crippen molar-refractivity contribution < 1.29 is 19.2 Å². The Bertz CT molecular complexity index is 1080. The van der Waals surface area contributed by atoms with Crippen LogP contribution in [-0.4, -0.2) is 32.4 Å². The summed E-state index contributed by atoms with van der Waals surface area (Å²) in [5.41, 5.74) is 3.53. The molecule has 1 aliphatic heterocycles. The highest BCUT2D eigenvalue weighted by atomic mass is 16.7. The van der Waals surface area contributed by atoms with Crippen molar-refractivity contribution in [2.75, 3.05) is 0 Å². The summed E-state index contributed by atoms with van der Waals surface area (Å²) < 4.78 is 1.65. The Balaban J connectivity index is 1.68. The molecular weight excluding hydrogens is 370 g/mol. The predicted molar refractivity (Wildman–Crippen MR) is 105 cm³/mol. The van der Waals surface area contributed by atoms with Crippen molar-refractivity contribution in [3.05, 3.63) is 82.9 Å². The fraction of sp³-hybridized carbons (Fsp3) is 0.182. The van der Waals surface area contributed by atoms with E-state index in [2.05, 4.69) is 4.98 Å². The third kappa shape index (κ3) is 3.00. The van der Waals surface area contributed by atoms with Gasteiger partial charge in [0.2, 0.25) is 0 Å². The number of rotatable bonds is 5. The molecule has 0 saturated heterocycles. The number of hydroxylamine groups is 2. The number of nitrogens with zero attached hydrogens (tertiary/aromatic N) is 3. The van der Waals surface area contributed by atoms with E-state index < -0.39 is 17.8 Å². The maximum absolute atomic E-state index is 12.9. The van der Waals surface area contributed by atoms with E-state index in [9.17, 15) is 14.4 Å². The Kier molecular flexibility index (Phi) is 4.72. The summed E-state index contributed by atoms with van der Waals surface area (Å²) in [6.45, 7) is 4.07. The molecule has 146 valence electrons. The van der Waals surface area contributed by atoms with Crippen LogP contribution in [0.5, 0.6) is 0 Å². The summed E-state index contributed by atoms with van der Waals surface area (Å²) in [5, 5.41) is 0.511. The Morgan fingerprint density at radius 2 is 1.52 bits per heavy atom. The Morgan fingerprint density at radius 3 is 2.07 bits per heavy atom. The Labute approximate surface area is 167 Å². The lowest BCUT2D eigenvalue weighted by Gasteiger charge is -2.17. The molecule has 0 atom stereocenters. The molecule has 0 aliphatic carbocycles. The van der Waals surface area contributed by atoms with E-state index in [-0.39, 0.29) is 16.8 Å². The Morgan fingerprint density at radius 1 is 0.931 bits per heavy atom. The number of aryl methyl sites for hydroxylation is 2. The summed E-state index contributed by atoms with van der Waals surface area (Å²) in [6.07, 6.45) is 4.45. The van der Waals surface area contributed by atoms with Crippen LogP contribution in [0.15, 0.2) is 55.0 Å². The third-order valence-corrected chi connectivity index (χ3v) is 4.98. The van der Waals surface area contributed by atoms with Crippen LogP contribution in [0.2, 0.25) is 0 Å². The maximum Gasteiger partial charge on any atom is 0.382 e. The van der Waals surface area contributed by atoms with Crippen LogP contribution in [0.25, 0.3) is 5.69 Å². The zero-order valence-electron chi connectivity index (χ0n) is 16.1. The van der Waals surface area contributed by atoms with Gasteiger partial charge in [0.05, 0.1) is 29.3 Å². The van der Waals surface area contributed by atoms with Gasteiger partial charge in [0.25, 0.3) is 11.8 Å². The second-order valence-electron chi connectivity index (χ2n) is 6.61. The topological polar surface area (TPSA) is 81.5 Å². The minimum Gasteiger partial charge on any atom is -0.323 e. The average Bonchev–Trinajstić information content (AvgIpc) is 3.33. The molecule has 4 rings (SSSR count). The summed E-state index contributed by atoms with van der Waals surface area (Å²) in [5.74, 6) is -2.15. The summed E-state index contributed by atoms with van der Waals surface area (Å²) in [7, 11) is 0. The first-order chi connectivity index (χ1) is 14.1. The molecule has 1 aliphatic rings. The molecule has 0 radical (unpaired) electrons. The highest BCUT2D eigenvalue weighted by Crippen LogP contribution is 2.26. The van der Waals surface area contributed by atoms with Crippen molar-refractivity contribution in [2.24, 2.45) is 0 Å². The van der Waals surface area contributed by atoms with Crippen molar-refractivity contribution >= 4 is 17.8 Å². The lowest BCUT2D eigenvalue weighted by Crippen LogP contribution is -2.33. The van der Waals surface area contributed by atoms with Crippen molar-refractivity contribution in [3.8, 4) is 5.69 Å². The van der Waals surface area contributed by atoms with Gasteiger partial charge in [-0.05, 0) is 36.1 Å². The number of aromatic nitrogens is 2. The molecule has 1 aromatic heterocycles. The number of imidazole rings is 1. The number of para-hydroxylation sites is 1. The van der Waals surface area contributed by atoms with E-state index in [1.54, 1.807) is 16.7 Å². The van der Waals surface area contributed by atoms with E-state index in [0.29, 0.717) is 5.06 Å². The standard InChI is InChI=1S/C22H19N3O4/c1-3-14-8-7-9-15(4-2)19(14)24-13-23-12-18(24)22(28)29-25-20(26)16-10-5-6-11-17(16)21(25)27/h5-13H,3-4H2,1-2H3. The van der Waals surface area contributed by atoms with Gasteiger partial charge in [0.15, 0.2) is 5.69 Å². The number of benzene rings is 2. The molecule has 0 saturated carbocycles. The molecule has 0 bridgehead atoms. The summed E-state index contributed by atoms with van der Waals surface area (Å²) >= 11 is 0. The van der Waals surface area contributed by atoms with Gasteiger partial charge in [-0.1, -0.05) is 49.2 Å². The second-order valence-corrected chi connectivity index (χ2v) is 6.61. The van der Waals surface area contributed by atoms with Gasteiger partial charge in [-0.2, -0.15) is 0 Å². The largest absolute Gasteiger partial charge is 0.382 e. The van der Waals surface area contributed by atoms with E-state index in [0.717, 1.165) is 29.7 Å². The first-order valence-corrected chi connectivity index (χ1v) is 9.40. The number of hydrogen-bond acceptors (Lipinski definition) is 5. The van der Waals surface area contributed by atoms with Crippen molar-refractivity contribution in [1.82, 2.24) is 14.6 Å². The summed E-state index contributed by atoms with van der Waals surface area (Å²) in [6, 6.07) is 12.3. The zero-order chi connectivity index (χ0) is 20.5.